The molecule has 3 atom stereocenters. The van der Waals surface area contributed by atoms with Crippen molar-refractivity contribution in [2.45, 2.75) is 45.9 Å². The Morgan fingerprint density at radius 2 is 1.88 bits per heavy atom. The van der Waals surface area contributed by atoms with Crippen LogP contribution in [0.15, 0.2) is 48.5 Å². The molecule has 0 saturated heterocycles. The molecule has 1 aliphatic rings. The van der Waals surface area contributed by atoms with Crippen LogP contribution in [0.1, 0.15) is 43.1 Å². The van der Waals surface area contributed by atoms with Gasteiger partial charge in [0.25, 0.3) is 5.91 Å². The number of amides is 2. The lowest BCUT2D eigenvalue weighted by atomic mass is 10.0. The van der Waals surface area contributed by atoms with Crippen LogP contribution < -0.4 is 10.1 Å². The van der Waals surface area contributed by atoms with Crippen LogP contribution in [0, 0.1) is 5.92 Å². The fourth-order valence-electron chi connectivity index (χ4n) is 4.21. The quantitative estimate of drug-likeness (QED) is 0.719. The highest BCUT2D eigenvalue weighted by molar-refractivity contribution is 5.98. The van der Waals surface area contributed by atoms with E-state index in [0.717, 1.165) is 13.1 Å². The van der Waals surface area contributed by atoms with Crippen molar-refractivity contribution in [3.63, 3.8) is 0 Å². The Labute approximate surface area is 203 Å². The molecule has 2 amide bonds. The van der Waals surface area contributed by atoms with E-state index in [9.17, 15) is 9.59 Å². The number of methoxy groups -OCH3 is 1. The number of carbonyl (C=O) groups excluding carboxylic acids is 2. The second-order valence-corrected chi connectivity index (χ2v) is 9.12. The number of nitrogens with zero attached hydrogens (tertiary/aromatic N) is 2. The maximum absolute atomic E-state index is 13.3. The molecule has 1 N–H and O–H groups in total. The fraction of sp³-hybridized carbons (Fsp3) is 0.481. The summed E-state index contributed by atoms with van der Waals surface area (Å²) >= 11 is 0. The van der Waals surface area contributed by atoms with Gasteiger partial charge >= 0.3 is 0 Å². The molecule has 0 fully saturated rings. The average molecular weight is 468 g/mol. The van der Waals surface area contributed by atoms with Crippen LogP contribution >= 0.6 is 0 Å². The van der Waals surface area contributed by atoms with Crippen LogP contribution in [0.5, 0.6) is 5.75 Å². The molecule has 7 heteroatoms. The molecule has 1 aliphatic heterocycles. The molecule has 0 aromatic heterocycles. The summed E-state index contributed by atoms with van der Waals surface area (Å²) in [6, 6.07) is 15.7. The van der Waals surface area contributed by atoms with Gasteiger partial charge in [-0.1, -0.05) is 44.2 Å². The van der Waals surface area contributed by atoms with Crippen LogP contribution in [-0.4, -0.2) is 67.6 Å². The average Bonchev–Trinajstić information content (AvgIpc) is 2.84. The molecule has 0 bridgehead atoms. The number of rotatable bonds is 5. The van der Waals surface area contributed by atoms with Gasteiger partial charge in [0.05, 0.1) is 11.7 Å². The summed E-state index contributed by atoms with van der Waals surface area (Å²) in [7, 11) is 3.49. The number of benzene rings is 2. The molecule has 2 aromatic carbocycles. The van der Waals surface area contributed by atoms with Gasteiger partial charge in [-0.15, -0.1) is 0 Å². The summed E-state index contributed by atoms with van der Waals surface area (Å²) in [4.78, 5) is 29.3. The molecule has 34 heavy (non-hydrogen) atoms. The van der Waals surface area contributed by atoms with E-state index in [0.29, 0.717) is 36.6 Å². The molecule has 0 spiro atoms. The summed E-state index contributed by atoms with van der Waals surface area (Å²) in [6.07, 6.45) is 0.271. The van der Waals surface area contributed by atoms with Gasteiger partial charge in [-0.3, -0.25) is 14.5 Å². The van der Waals surface area contributed by atoms with Gasteiger partial charge in [0.2, 0.25) is 5.91 Å². The van der Waals surface area contributed by atoms with E-state index >= 15 is 0 Å². The summed E-state index contributed by atoms with van der Waals surface area (Å²) < 4.78 is 12.1. The topological polar surface area (TPSA) is 71.1 Å². The third-order valence-corrected chi connectivity index (χ3v) is 6.41. The molecule has 184 valence electrons. The Morgan fingerprint density at radius 3 is 2.56 bits per heavy atom. The van der Waals surface area contributed by atoms with Crippen molar-refractivity contribution >= 4 is 17.5 Å². The van der Waals surface area contributed by atoms with Gasteiger partial charge in [-0.2, -0.15) is 0 Å². The zero-order chi connectivity index (χ0) is 24.7. The first-order valence-corrected chi connectivity index (χ1v) is 11.9. The molecule has 0 unspecified atom stereocenters. The number of fused-ring (bicyclic) bond motifs is 1. The van der Waals surface area contributed by atoms with Crippen LogP contribution in [0.3, 0.4) is 0 Å². The van der Waals surface area contributed by atoms with Gasteiger partial charge in [0.1, 0.15) is 12.4 Å². The van der Waals surface area contributed by atoms with Crippen LogP contribution in [0.2, 0.25) is 0 Å². The fourth-order valence-corrected chi connectivity index (χ4v) is 4.21. The number of anilines is 1. The Morgan fingerprint density at radius 1 is 1.15 bits per heavy atom. The molecular formula is C27H37N3O4. The van der Waals surface area contributed by atoms with Crippen molar-refractivity contribution in [2.75, 3.05) is 39.2 Å². The second kappa shape index (κ2) is 12.0. The largest absolute Gasteiger partial charge is 0.491 e. The number of ether oxygens (including phenoxy) is 2. The molecule has 0 saturated carbocycles. The maximum atomic E-state index is 13.3. The van der Waals surface area contributed by atoms with Gasteiger partial charge in [-0.25, -0.2) is 0 Å². The highest BCUT2D eigenvalue weighted by Crippen LogP contribution is 2.27. The molecule has 2 aromatic rings. The monoisotopic (exact) mass is 467 g/mol. The minimum absolute atomic E-state index is 0.0872. The van der Waals surface area contributed by atoms with E-state index in [2.05, 4.69) is 48.3 Å². The van der Waals surface area contributed by atoms with Crippen molar-refractivity contribution in [1.29, 1.82) is 0 Å². The van der Waals surface area contributed by atoms with E-state index < -0.39 is 0 Å². The van der Waals surface area contributed by atoms with E-state index in [1.807, 2.05) is 6.07 Å². The number of carbonyl (C=O) groups is 2. The predicted octanol–water partition coefficient (Wildman–Crippen LogP) is 4.04. The van der Waals surface area contributed by atoms with Crippen molar-refractivity contribution < 1.29 is 19.1 Å². The number of hydrogen-bond donors (Lipinski definition) is 1. The highest BCUT2D eigenvalue weighted by Gasteiger charge is 2.28. The van der Waals surface area contributed by atoms with Crippen molar-refractivity contribution in [1.82, 2.24) is 9.80 Å². The Kier molecular flexibility index (Phi) is 9.07. The van der Waals surface area contributed by atoms with Crippen LogP contribution in [0.4, 0.5) is 5.69 Å². The first-order valence-electron chi connectivity index (χ1n) is 11.9. The SMILES string of the molecule is CCC(=O)Nc1ccc2c(c1)OC[C@H](C)N(Cc1ccccc1)C[C@@H](C)[C@H](OC)CN(C)C2=O. The number of nitrogens with one attached hydrogen (secondary N) is 1. The standard InChI is InChI=1S/C27H37N3O4/c1-6-26(31)28-22-12-13-23-24(14-22)34-18-20(3)30(16-21-10-8-7-9-11-21)15-19(2)25(33-5)17-29(4)27(23)32/h7-14,19-20,25H,6,15-18H2,1-5H3,(H,28,31)/t19-,20+,25-/m1/s1. The lowest BCUT2D eigenvalue weighted by molar-refractivity contribution is -0.115. The zero-order valence-electron chi connectivity index (χ0n) is 20.9. The molecule has 0 radical (unpaired) electrons. The highest BCUT2D eigenvalue weighted by atomic mass is 16.5. The van der Waals surface area contributed by atoms with Crippen LogP contribution in [0.25, 0.3) is 0 Å². The molecule has 0 aliphatic carbocycles. The second-order valence-electron chi connectivity index (χ2n) is 9.12. The third kappa shape index (κ3) is 6.58. The van der Waals surface area contributed by atoms with Crippen molar-refractivity contribution in [2.24, 2.45) is 5.92 Å². The van der Waals surface area contributed by atoms with E-state index in [1.165, 1.54) is 5.56 Å². The van der Waals surface area contributed by atoms with E-state index in [4.69, 9.17) is 9.47 Å². The van der Waals surface area contributed by atoms with Gasteiger partial charge in [-0.05, 0) is 30.5 Å². The zero-order valence-corrected chi connectivity index (χ0v) is 20.9. The summed E-state index contributed by atoms with van der Waals surface area (Å²) in [5.74, 6) is 0.458. The minimum atomic E-state index is -0.132. The number of likely N-dealkylation sites (N-methyl/N-ethyl adjacent to an activating group) is 1. The first-order chi connectivity index (χ1) is 16.3. The summed E-state index contributed by atoms with van der Waals surface area (Å²) in [5.41, 5.74) is 2.33. The Hall–Kier alpha value is -2.90. The molecule has 3 rings (SSSR count). The van der Waals surface area contributed by atoms with E-state index in [-0.39, 0.29) is 29.9 Å². The number of hydrogen-bond acceptors (Lipinski definition) is 5. The molecule has 7 nitrogen and oxygen atoms in total. The van der Waals surface area contributed by atoms with Crippen molar-refractivity contribution in [3.05, 3.63) is 59.7 Å². The van der Waals surface area contributed by atoms with E-state index in [1.54, 1.807) is 44.2 Å². The predicted molar refractivity (Wildman–Crippen MR) is 134 cm³/mol. The third-order valence-electron chi connectivity index (χ3n) is 6.41. The molecular weight excluding hydrogens is 430 g/mol. The van der Waals surface area contributed by atoms with Crippen molar-refractivity contribution in [3.8, 4) is 5.75 Å². The normalized spacial score (nSPS) is 22.2. The summed E-state index contributed by atoms with van der Waals surface area (Å²) in [5, 5.41) is 2.85. The smallest absolute Gasteiger partial charge is 0.257 e. The Balaban J connectivity index is 1.94. The Bertz CT molecular complexity index is 966. The summed E-state index contributed by atoms with van der Waals surface area (Å²) in [6.45, 7) is 8.58. The lowest BCUT2D eigenvalue weighted by Crippen LogP contribution is -2.46. The van der Waals surface area contributed by atoms with Gasteiger partial charge in [0, 0.05) is 58.0 Å². The lowest BCUT2D eigenvalue weighted by Gasteiger charge is -2.36. The minimum Gasteiger partial charge on any atom is -0.491 e. The molecule has 1 heterocycles. The van der Waals surface area contributed by atoms with Gasteiger partial charge in [0.15, 0.2) is 0 Å². The van der Waals surface area contributed by atoms with Gasteiger partial charge < -0.3 is 19.7 Å². The van der Waals surface area contributed by atoms with Crippen LogP contribution in [-0.2, 0) is 16.1 Å². The first kappa shape index (κ1) is 25.7. The maximum Gasteiger partial charge on any atom is 0.257 e.